The maximum atomic E-state index is 14.3. The standard InChI is InChI=1S/C22H16F3NO.C12H16FN3O3/c1-13-7-5-10-15-14(13)9-6-11-16(15)19-20(22(23,24)25)17-8-3-4-12-18(17)26(2)21(19)27;1-18-10(17)8-15-12-11(13)9(2-3-14-12)16-4-6-19-7-5-16/h3-12H,1-2H3;2-3H,4-8H2,1H3,(H,14,15). The first-order chi connectivity index (χ1) is 22.0. The molecule has 0 spiro atoms. The number of para-hydroxylation sites is 1. The predicted octanol–water partition coefficient (Wildman–Crippen LogP) is 6.33. The zero-order chi connectivity index (χ0) is 33.0. The van der Waals surface area contributed by atoms with Gasteiger partial charge in [-0.3, -0.25) is 9.59 Å². The molecule has 12 heteroatoms. The van der Waals surface area contributed by atoms with E-state index in [1.54, 1.807) is 42.5 Å². The minimum atomic E-state index is -4.66. The Balaban J connectivity index is 0.000000193. The van der Waals surface area contributed by atoms with Crippen LogP contribution in [0, 0.1) is 12.7 Å². The van der Waals surface area contributed by atoms with Crippen molar-refractivity contribution < 1.29 is 31.8 Å². The lowest BCUT2D eigenvalue weighted by Gasteiger charge is -2.29. The number of halogens is 4. The zero-order valence-corrected chi connectivity index (χ0v) is 25.5. The number of carbonyl (C=O) groups excluding carboxylic acids is 1. The van der Waals surface area contributed by atoms with Crippen molar-refractivity contribution in [1.82, 2.24) is 9.55 Å². The van der Waals surface area contributed by atoms with Crippen LogP contribution in [0.15, 0.2) is 77.7 Å². The number of anilines is 2. The lowest BCUT2D eigenvalue weighted by atomic mass is 9.92. The second-order valence-electron chi connectivity index (χ2n) is 10.6. The monoisotopic (exact) mass is 636 g/mol. The molecule has 0 aliphatic carbocycles. The quantitative estimate of drug-likeness (QED) is 0.178. The highest BCUT2D eigenvalue weighted by Gasteiger charge is 2.38. The summed E-state index contributed by atoms with van der Waals surface area (Å²) in [5.74, 6) is -0.888. The largest absolute Gasteiger partial charge is 0.468 e. The van der Waals surface area contributed by atoms with Gasteiger partial charge in [0.05, 0.1) is 42.7 Å². The molecule has 3 aromatic carbocycles. The van der Waals surface area contributed by atoms with Crippen LogP contribution in [-0.2, 0) is 27.5 Å². The van der Waals surface area contributed by atoms with Crippen LogP contribution >= 0.6 is 0 Å². The van der Waals surface area contributed by atoms with Gasteiger partial charge in [-0.1, -0.05) is 54.6 Å². The van der Waals surface area contributed by atoms with E-state index in [0.717, 1.165) is 10.9 Å². The van der Waals surface area contributed by atoms with Gasteiger partial charge in [-0.15, -0.1) is 0 Å². The number of aryl methyl sites for hydroxylation is 2. The molecule has 46 heavy (non-hydrogen) atoms. The molecule has 6 rings (SSSR count). The van der Waals surface area contributed by atoms with E-state index in [9.17, 15) is 27.2 Å². The Morgan fingerprint density at radius 3 is 2.37 bits per heavy atom. The summed E-state index contributed by atoms with van der Waals surface area (Å²) in [5, 5.41) is 4.11. The number of rotatable bonds is 5. The molecule has 0 unspecified atom stereocenters. The average Bonchev–Trinajstić information content (AvgIpc) is 3.06. The average molecular weight is 637 g/mol. The van der Waals surface area contributed by atoms with Crippen molar-refractivity contribution in [2.75, 3.05) is 50.2 Å². The molecule has 1 aliphatic heterocycles. The van der Waals surface area contributed by atoms with E-state index in [1.807, 2.05) is 24.0 Å². The number of hydrogen-bond donors (Lipinski definition) is 1. The number of ether oxygens (including phenoxy) is 2. The maximum absolute atomic E-state index is 14.3. The first-order valence-electron chi connectivity index (χ1n) is 14.5. The van der Waals surface area contributed by atoms with E-state index in [1.165, 1.54) is 37.1 Å². The fraction of sp³-hybridized carbons (Fsp3) is 0.265. The third-order valence-electron chi connectivity index (χ3n) is 7.84. The maximum Gasteiger partial charge on any atom is 0.417 e. The van der Waals surface area contributed by atoms with E-state index in [-0.39, 0.29) is 28.8 Å². The van der Waals surface area contributed by atoms with Gasteiger partial charge in [0.1, 0.15) is 6.54 Å². The first-order valence-corrected chi connectivity index (χ1v) is 14.5. The SMILES string of the molecule is COC(=O)CNc1nccc(N2CCOCC2)c1F.Cc1cccc2c(-c3c(C(F)(F)F)c4ccccc4n(C)c3=O)cccc12. The number of esters is 1. The molecule has 1 saturated heterocycles. The van der Waals surface area contributed by atoms with Gasteiger partial charge < -0.3 is 24.3 Å². The minimum absolute atomic E-state index is 0.0201. The Morgan fingerprint density at radius 2 is 1.65 bits per heavy atom. The van der Waals surface area contributed by atoms with Crippen LogP contribution < -0.4 is 15.8 Å². The van der Waals surface area contributed by atoms with Crippen molar-refractivity contribution in [3.05, 3.63) is 100 Å². The fourth-order valence-corrected chi connectivity index (χ4v) is 5.56. The van der Waals surface area contributed by atoms with Crippen LogP contribution in [0.2, 0.25) is 0 Å². The van der Waals surface area contributed by atoms with Crippen LogP contribution in [-0.4, -0.2) is 55.5 Å². The van der Waals surface area contributed by atoms with Crippen LogP contribution in [0.25, 0.3) is 32.8 Å². The van der Waals surface area contributed by atoms with Gasteiger partial charge in [0.2, 0.25) is 0 Å². The number of pyridine rings is 2. The molecular weight excluding hydrogens is 604 g/mol. The van der Waals surface area contributed by atoms with Gasteiger partial charge >= 0.3 is 12.1 Å². The Labute approximate surface area is 262 Å². The van der Waals surface area contributed by atoms with Crippen LogP contribution in [0.4, 0.5) is 29.1 Å². The highest BCUT2D eigenvalue weighted by Crippen LogP contribution is 2.41. The Morgan fingerprint density at radius 1 is 0.978 bits per heavy atom. The highest BCUT2D eigenvalue weighted by molar-refractivity contribution is 6.01. The van der Waals surface area contributed by atoms with Crippen molar-refractivity contribution in [1.29, 1.82) is 0 Å². The topological polar surface area (TPSA) is 85.7 Å². The lowest BCUT2D eigenvalue weighted by Crippen LogP contribution is -2.37. The third kappa shape index (κ3) is 6.52. The smallest absolute Gasteiger partial charge is 0.417 e. The summed E-state index contributed by atoms with van der Waals surface area (Å²) < 4.78 is 67.6. The first kappa shape index (κ1) is 32.4. The van der Waals surface area contributed by atoms with Gasteiger partial charge in [-0.2, -0.15) is 13.2 Å². The molecule has 0 atom stereocenters. The number of methoxy groups -OCH3 is 1. The van der Waals surface area contributed by atoms with Gasteiger partial charge in [0.25, 0.3) is 5.56 Å². The summed E-state index contributed by atoms with van der Waals surface area (Å²) in [7, 11) is 2.78. The summed E-state index contributed by atoms with van der Waals surface area (Å²) in [6.45, 7) is 4.20. The van der Waals surface area contributed by atoms with Crippen LogP contribution in [0.1, 0.15) is 11.1 Å². The van der Waals surface area contributed by atoms with Crippen molar-refractivity contribution in [2.45, 2.75) is 13.1 Å². The molecule has 0 radical (unpaired) electrons. The van der Waals surface area contributed by atoms with E-state index in [4.69, 9.17) is 4.74 Å². The van der Waals surface area contributed by atoms with E-state index < -0.39 is 29.1 Å². The summed E-state index contributed by atoms with van der Waals surface area (Å²) in [6, 6.07) is 18.3. The van der Waals surface area contributed by atoms with Crippen molar-refractivity contribution >= 4 is 39.1 Å². The summed E-state index contributed by atoms with van der Waals surface area (Å²) >= 11 is 0. The number of hydrogen-bond acceptors (Lipinski definition) is 7. The fourth-order valence-electron chi connectivity index (χ4n) is 5.56. The van der Waals surface area contributed by atoms with Gasteiger partial charge in [-0.25, -0.2) is 9.37 Å². The molecule has 240 valence electrons. The van der Waals surface area contributed by atoms with E-state index in [0.29, 0.717) is 42.9 Å². The molecule has 0 saturated carbocycles. The van der Waals surface area contributed by atoms with Crippen LogP contribution in [0.5, 0.6) is 0 Å². The zero-order valence-electron chi connectivity index (χ0n) is 25.5. The number of benzene rings is 3. The van der Waals surface area contributed by atoms with E-state index in [2.05, 4.69) is 15.0 Å². The number of nitrogens with one attached hydrogen (secondary N) is 1. The molecule has 3 heterocycles. The number of morpholine rings is 1. The second-order valence-corrected chi connectivity index (χ2v) is 10.6. The molecule has 0 amide bonds. The van der Waals surface area contributed by atoms with Crippen molar-refractivity contribution in [3.8, 4) is 11.1 Å². The number of nitrogens with zero attached hydrogens (tertiary/aromatic N) is 3. The Hall–Kier alpha value is -4.97. The molecule has 2 aromatic heterocycles. The molecule has 1 N–H and O–H groups in total. The van der Waals surface area contributed by atoms with Crippen LogP contribution in [0.3, 0.4) is 0 Å². The van der Waals surface area contributed by atoms with Crippen molar-refractivity contribution in [2.24, 2.45) is 7.05 Å². The molecular formula is C34H32F4N4O4. The number of aromatic nitrogens is 2. The Kier molecular flexibility index (Phi) is 9.57. The molecule has 8 nitrogen and oxygen atoms in total. The number of alkyl halides is 3. The highest BCUT2D eigenvalue weighted by atomic mass is 19.4. The van der Waals surface area contributed by atoms with Gasteiger partial charge in [0, 0.05) is 31.7 Å². The lowest BCUT2D eigenvalue weighted by molar-refractivity contribution is -0.138. The van der Waals surface area contributed by atoms with Gasteiger partial charge in [0.15, 0.2) is 11.6 Å². The second kappa shape index (κ2) is 13.6. The molecule has 5 aromatic rings. The van der Waals surface area contributed by atoms with Crippen molar-refractivity contribution in [3.63, 3.8) is 0 Å². The van der Waals surface area contributed by atoms with E-state index >= 15 is 0 Å². The third-order valence-corrected chi connectivity index (χ3v) is 7.84. The molecule has 1 fully saturated rings. The Bertz CT molecular complexity index is 1950. The summed E-state index contributed by atoms with van der Waals surface area (Å²) in [6.07, 6.45) is -3.15. The predicted molar refractivity (Wildman–Crippen MR) is 170 cm³/mol. The molecule has 0 bridgehead atoms. The summed E-state index contributed by atoms with van der Waals surface area (Å²) in [4.78, 5) is 29.8. The number of fused-ring (bicyclic) bond motifs is 2. The van der Waals surface area contributed by atoms with Gasteiger partial charge in [-0.05, 0) is 41.0 Å². The minimum Gasteiger partial charge on any atom is -0.468 e. The summed E-state index contributed by atoms with van der Waals surface area (Å²) in [5.41, 5.74) is 0.126. The normalized spacial score (nSPS) is 13.3. The number of carbonyl (C=O) groups is 1. The molecule has 1 aliphatic rings.